The lowest BCUT2D eigenvalue weighted by atomic mass is 9.39. The number of hydrogen-bond acceptors (Lipinski definition) is 4. The van der Waals surface area contributed by atoms with Gasteiger partial charge in [0.2, 0.25) is 0 Å². The van der Waals surface area contributed by atoms with Crippen molar-refractivity contribution in [3.8, 4) is 0 Å². The Balaban J connectivity index is 1.61. The summed E-state index contributed by atoms with van der Waals surface area (Å²) < 4.78 is 12.1. The summed E-state index contributed by atoms with van der Waals surface area (Å²) in [5.74, 6) is 0.735. The Kier molecular flexibility index (Phi) is 3.27. The van der Waals surface area contributed by atoms with Gasteiger partial charge in [-0.05, 0) is 55.8 Å². The zero-order chi connectivity index (χ0) is 18.7. The minimum Gasteiger partial charge on any atom is -0.462 e. The molecule has 4 aliphatic carbocycles. The molecule has 1 spiro atoms. The Morgan fingerprint density at radius 3 is 2.50 bits per heavy atom. The Labute approximate surface area is 157 Å². The third-order valence-electron chi connectivity index (χ3n) is 9.73. The summed E-state index contributed by atoms with van der Waals surface area (Å²) in [7, 11) is 0. The molecule has 1 saturated heterocycles. The number of fused-ring (bicyclic) bond motifs is 5. The van der Waals surface area contributed by atoms with Crippen molar-refractivity contribution in [2.45, 2.75) is 97.6 Å². The average Bonchev–Trinajstić information content (AvgIpc) is 3.30. The largest absolute Gasteiger partial charge is 0.462 e. The molecule has 0 radical (unpaired) electrons. The third kappa shape index (κ3) is 1.86. The van der Waals surface area contributed by atoms with Crippen LogP contribution in [0.1, 0.15) is 73.1 Å². The second-order valence-corrected chi connectivity index (χ2v) is 11.3. The molecule has 2 bridgehead atoms. The predicted molar refractivity (Wildman–Crippen MR) is 97.3 cm³/mol. The van der Waals surface area contributed by atoms with Crippen molar-refractivity contribution in [1.82, 2.24) is 0 Å². The fourth-order valence-electron chi connectivity index (χ4n) is 8.62. The summed E-state index contributed by atoms with van der Waals surface area (Å²) in [6.07, 6.45) is 6.58. The molecule has 4 nitrogen and oxygen atoms in total. The number of ether oxygens (including phenoxy) is 2. The number of esters is 1. The highest BCUT2D eigenvalue weighted by molar-refractivity contribution is 5.66. The Morgan fingerprint density at radius 2 is 1.81 bits per heavy atom. The highest BCUT2D eigenvalue weighted by Gasteiger charge is 2.80. The van der Waals surface area contributed by atoms with Crippen LogP contribution < -0.4 is 0 Å². The van der Waals surface area contributed by atoms with Gasteiger partial charge in [0.25, 0.3) is 0 Å². The maximum atomic E-state index is 11.9. The van der Waals surface area contributed by atoms with Crippen LogP contribution in [-0.4, -0.2) is 35.5 Å². The average molecular weight is 363 g/mol. The van der Waals surface area contributed by atoms with Gasteiger partial charge in [-0.15, -0.1) is 0 Å². The summed E-state index contributed by atoms with van der Waals surface area (Å²) >= 11 is 0. The van der Waals surface area contributed by atoms with Crippen LogP contribution in [-0.2, 0) is 14.3 Å². The van der Waals surface area contributed by atoms with E-state index >= 15 is 0 Å². The number of carbonyl (C=O) groups excluding carboxylic acids is 1. The number of aliphatic hydroxyl groups excluding tert-OH is 1. The third-order valence-corrected chi connectivity index (χ3v) is 9.73. The van der Waals surface area contributed by atoms with Crippen molar-refractivity contribution in [3.63, 3.8) is 0 Å². The fourth-order valence-corrected chi connectivity index (χ4v) is 8.62. The van der Waals surface area contributed by atoms with Gasteiger partial charge < -0.3 is 14.6 Å². The van der Waals surface area contributed by atoms with E-state index in [0.717, 1.165) is 25.7 Å². The minimum absolute atomic E-state index is 0.0328. The highest BCUT2D eigenvalue weighted by atomic mass is 16.6. The summed E-state index contributed by atoms with van der Waals surface area (Å²) in [5.41, 5.74) is 0.275. The summed E-state index contributed by atoms with van der Waals surface area (Å²) in [6, 6.07) is 0. The molecule has 146 valence electrons. The molecule has 1 heterocycles. The molecule has 0 amide bonds. The molecular weight excluding hydrogens is 328 g/mol. The van der Waals surface area contributed by atoms with Gasteiger partial charge in [-0.1, -0.05) is 27.7 Å². The van der Waals surface area contributed by atoms with Crippen molar-refractivity contribution >= 4 is 5.97 Å². The van der Waals surface area contributed by atoms with Crippen LogP contribution in [0, 0.1) is 33.5 Å². The smallest absolute Gasteiger partial charge is 0.302 e. The van der Waals surface area contributed by atoms with E-state index < -0.39 is 0 Å². The molecule has 9 atom stereocenters. The van der Waals surface area contributed by atoms with Gasteiger partial charge in [0.1, 0.15) is 6.10 Å². The van der Waals surface area contributed by atoms with Gasteiger partial charge in [-0.3, -0.25) is 4.79 Å². The number of hydrogen-bond donors (Lipinski definition) is 1. The SMILES string of the molecule is CC(=O)O[C@H]1CCC(C)(C)C2CC[C@]34C[C@](C)([C@@H](O)C[C@H]3[C@@]21C)[C@H]1O[C@H]14. The molecule has 1 N–H and O–H groups in total. The fraction of sp³-hybridized carbons (Fsp3) is 0.955. The number of aliphatic hydroxyl groups is 1. The maximum absolute atomic E-state index is 11.9. The minimum atomic E-state index is -0.309. The number of carbonyl (C=O) groups is 1. The Morgan fingerprint density at radius 1 is 1.08 bits per heavy atom. The van der Waals surface area contributed by atoms with E-state index in [1.54, 1.807) is 6.92 Å². The van der Waals surface area contributed by atoms with E-state index in [2.05, 4.69) is 27.7 Å². The van der Waals surface area contributed by atoms with Crippen molar-refractivity contribution in [2.75, 3.05) is 0 Å². The molecule has 0 aromatic rings. The van der Waals surface area contributed by atoms with E-state index in [1.165, 1.54) is 12.8 Å². The van der Waals surface area contributed by atoms with Crippen LogP contribution >= 0.6 is 0 Å². The van der Waals surface area contributed by atoms with Gasteiger partial charge in [-0.25, -0.2) is 0 Å². The first-order valence-electron chi connectivity index (χ1n) is 10.6. The van der Waals surface area contributed by atoms with Crippen molar-refractivity contribution in [2.24, 2.45) is 33.5 Å². The van der Waals surface area contributed by atoms with E-state index in [0.29, 0.717) is 17.9 Å². The summed E-state index contributed by atoms with van der Waals surface area (Å²) in [6.45, 7) is 10.9. The Bertz CT molecular complexity index is 659. The standard InChI is InChI=1S/C22H34O4/c1-12(23)25-16-7-8-19(2,3)13-6-9-22-11-20(4,17-18(22)26-17)15(24)10-14(22)21(13,16)5/h13-18,24H,6-11H2,1-5H3/t13?,14-,15-,16-,17-,18+,20+,21+,22-/m0/s1. The molecule has 0 aromatic heterocycles. The first kappa shape index (κ1) is 17.5. The first-order chi connectivity index (χ1) is 12.1. The lowest BCUT2D eigenvalue weighted by Crippen LogP contribution is -2.65. The second kappa shape index (κ2) is 4.86. The van der Waals surface area contributed by atoms with Gasteiger partial charge in [0, 0.05) is 23.2 Å². The van der Waals surface area contributed by atoms with Crippen molar-refractivity contribution in [3.05, 3.63) is 0 Å². The van der Waals surface area contributed by atoms with Crippen LogP contribution in [0.4, 0.5) is 0 Å². The van der Waals surface area contributed by atoms with E-state index in [1.807, 2.05) is 0 Å². The van der Waals surface area contributed by atoms with Crippen LogP contribution in [0.2, 0.25) is 0 Å². The monoisotopic (exact) mass is 362 g/mol. The zero-order valence-corrected chi connectivity index (χ0v) is 16.9. The lowest BCUT2D eigenvalue weighted by Gasteiger charge is -2.66. The van der Waals surface area contributed by atoms with Crippen molar-refractivity contribution in [1.29, 1.82) is 0 Å². The second-order valence-electron chi connectivity index (χ2n) is 11.3. The Hall–Kier alpha value is -0.610. The molecule has 5 fully saturated rings. The molecule has 5 rings (SSSR count). The first-order valence-corrected chi connectivity index (χ1v) is 10.6. The van der Waals surface area contributed by atoms with Crippen LogP contribution in [0.25, 0.3) is 0 Å². The van der Waals surface area contributed by atoms with E-state index in [9.17, 15) is 9.90 Å². The van der Waals surface area contributed by atoms with Gasteiger partial charge >= 0.3 is 5.97 Å². The maximum Gasteiger partial charge on any atom is 0.302 e. The molecule has 5 aliphatic rings. The van der Waals surface area contributed by atoms with Gasteiger partial charge in [-0.2, -0.15) is 0 Å². The van der Waals surface area contributed by atoms with Crippen molar-refractivity contribution < 1.29 is 19.4 Å². The molecule has 0 aromatic carbocycles. The summed E-state index contributed by atoms with van der Waals surface area (Å²) in [5, 5.41) is 11.1. The molecule has 1 unspecified atom stereocenters. The van der Waals surface area contributed by atoms with E-state index in [4.69, 9.17) is 9.47 Å². The molecule has 4 heteroatoms. The van der Waals surface area contributed by atoms with Gasteiger partial charge in [0.15, 0.2) is 0 Å². The summed E-state index contributed by atoms with van der Waals surface area (Å²) in [4.78, 5) is 11.9. The molecule has 26 heavy (non-hydrogen) atoms. The topological polar surface area (TPSA) is 59.1 Å². The van der Waals surface area contributed by atoms with Crippen LogP contribution in [0.15, 0.2) is 0 Å². The van der Waals surface area contributed by atoms with Crippen LogP contribution in [0.3, 0.4) is 0 Å². The number of epoxide rings is 1. The molecular formula is C22H34O4. The normalized spacial score (nSPS) is 59.0. The molecule has 4 saturated carbocycles. The lowest BCUT2D eigenvalue weighted by molar-refractivity contribution is -0.238. The highest BCUT2D eigenvalue weighted by Crippen LogP contribution is 2.78. The quantitative estimate of drug-likeness (QED) is 0.571. The van der Waals surface area contributed by atoms with Gasteiger partial charge in [0.05, 0.1) is 18.3 Å². The zero-order valence-electron chi connectivity index (χ0n) is 16.9. The predicted octanol–water partition coefficient (Wildman–Crippen LogP) is 3.70. The van der Waals surface area contributed by atoms with Crippen LogP contribution in [0.5, 0.6) is 0 Å². The number of rotatable bonds is 1. The van der Waals surface area contributed by atoms with E-state index in [-0.39, 0.29) is 45.9 Å². The molecule has 1 aliphatic heterocycles.